The Bertz CT molecular complexity index is 6340. The Morgan fingerprint density at radius 2 is 0.856 bits per heavy atom. The van der Waals surface area contributed by atoms with E-state index in [1.165, 1.54) is 79.7 Å². The summed E-state index contributed by atoms with van der Waals surface area (Å²) < 4.78 is 62.1. The van der Waals surface area contributed by atoms with Gasteiger partial charge < -0.3 is 11.1 Å². The van der Waals surface area contributed by atoms with Crippen LogP contribution in [0.25, 0.3) is 58.3 Å². The van der Waals surface area contributed by atoms with Crippen LogP contribution in [0.3, 0.4) is 0 Å². The molecule has 20 nitrogen and oxygen atoms in total. The van der Waals surface area contributed by atoms with E-state index < -0.39 is 33.6 Å². The number of nitro groups is 2. The number of rotatable bonds is 17. The van der Waals surface area contributed by atoms with Gasteiger partial charge in [-0.15, -0.1) is 45.3 Å². The molecule has 0 saturated carbocycles. The molecule has 0 aliphatic carbocycles. The third kappa shape index (κ3) is 23.8. The van der Waals surface area contributed by atoms with Crippen LogP contribution < -0.4 is 11.1 Å². The molecule has 1 amide bonds. The van der Waals surface area contributed by atoms with E-state index in [9.17, 15) is 47.4 Å². The van der Waals surface area contributed by atoms with Gasteiger partial charge in [-0.1, -0.05) is 129 Å². The van der Waals surface area contributed by atoms with Gasteiger partial charge in [0.15, 0.2) is 0 Å². The SMILES string of the molecule is Cc1nc2cc(Br)ccc2s1.Cc1nc2cc(C(CN)c3cccc(F)c3)ccc2s1.Cc1nc2cc(C(C[N+](=O)[O-])c3cccc(F)c3)ccc2s1.Cc1ncn(-c2cc(Cl)c(C(=O)Cl)c(Cl)c2)n1.Cc1ncn(-c2cc(Cl)c(C(=O)NCC(c3cccc(F)c3)c3ccc4sc(C)nc4c3)c(Cl)c2)n1.O=[N+]([O-])/C=C/c1cccc(F)c1. The molecule has 0 spiro atoms. The van der Waals surface area contributed by atoms with E-state index in [0.29, 0.717) is 40.7 Å². The van der Waals surface area contributed by atoms with Crippen molar-refractivity contribution in [3.63, 3.8) is 0 Å². The molecular weight excluding hydrogens is 1760 g/mol. The summed E-state index contributed by atoms with van der Waals surface area (Å²) in [6.07, 6.45) is 5.08. The number of amides is 1. The molecule has 118 heavy (non-hydrogen) atoms. The lowest BCUT2D eigenvalue weighted by Crippen LogP contribution is -2.29. The summed E-state index contributed by atoms with van der Waals surface area (Å²) in [5, 5.41) is 36.3. The number of fused-ring (bicyclic) bond motifs is 4. The van der Waals surface area contributed by atoms with E-state index >= 15 is 0 Å². The van der Waals surface area contributed by atoms with Crippen LogP contribution in [0.2, 0.25) is 20.1 Å². The van der Waals surface area contributed by atoms with Crippen molar-refractivity contribution in [2.45, 2.75) is 59.3 Å². The second kappa shape index (κ2) is 40.7. The van der Waals surface area contributed by atoms with Crippen LogP contribution in [0.15, 0.2) is 217 Å². The van der Waals surface area contributed by atoms with E-state index in [4.69, 9.17) is 63.7 Å². The summed E-state index contributed by atoms with van der Waals surface area (Å²) in [5.41, 5.74) is 16.6. The summed E-state index contributed by atoms with van der Waals surface area (Å²) in [6, 6.07) is 54.8. The lowest BCUT2D eigenvalue weighted by atomic mass is 9.91. The highest BCUT2D eigenvalue weighted by Crippen LogP contribution is 2.36. The fourth-order valence-corrected chi connectivity index (χ4v) is 17.4. The van der Waals surface area contributed by atoms with Gasteiger partial charge in [0.25, 0.3) is 11.1 Å². The Morgan fingerprint density at radius 1 is 0.492 bits per heavy atom. The lowest BCUT2D eigenvalue weighted by molar-refractivity contribution is -0.481. The quantitative estimate of drug-likeness (QED) is 0.0371. The first kappa shape index (κ1) is 88.1. The van der Waals surface area contributed by atoms with Crippen molar-refractivity contribution in [3.05, 3.63) is 363 Å². The van der Waals surface area contributed by atoms with Gasteiger partial charge in [-0.05, 0) is 219 Å². The van der Waals surface area contributed by atoms with Crippen molar-refractivity contribution in [1.82, 2.24) is 54.8 Å². The minimum Gasteiger partial charge on any atom is -0.351 e. The number of hydrogen-bond acceptors (Lipinski definition) is 19. The average Bonchev–Trinajstić information content (AvgIpc) is 1.54. The molecule has 0 aliphatic heterocycles. The molecule has 6 heterocycles. The van der Waals surface area contributed by atoms with Crippen LogP contribution in [0.5, 0.6) is 0 Å². The highest BCUT2D eigenvalue weighted by molar-refractivity contribution is 9.10. The molecule has 16 rings (SSSR count). The third-order valence-electron chi connectivity index (χ3n) is 17.5. The van der Waals surface area contributed by atoms with Gasteiger partial charge in [-0.2, -0.15) is 10.2 Å². The standard InChI is InChI=1S/C26H20Cl2FN5OS.C16H13FN2O2S.C16H15FN2S.C10H6Cl3N3O.C8H6BrNS.C8H6FNO2/c1-14-31-13-34(33-14)19-10-21(27)25(22(28)11-19)26(35)30-12-20(16-4-3-5-18(29)8-16)17-6-7-24-23(9-17)32-15(2)36-24;1-10-18-15-8-12(5-6-16(15)22-10)14(9-19(20)21)11-3-2-4-13(17)7-11;1-10-19-15-8-12(5-6-16(15)20-10)14(9-18)11-3-2-4-13(17)7-11;1-5-14-4-16(15-5)6-2-7(11)9(10(13)17)8(12)3-6;1-5-10-7-4-6(9)2-3-8(7)11-5;9-8-3-1-2-7(6-8)4-5-10(11)12/h3-11,13,20H,12H2,1-2H3,(H,30,35);2-8,14H,9H2,1H3;2-8,14H,9,18H2,1H3;2-4H,1H3;2-4H,1H3;1-6H/b;;;;;5-4+. The lowest BCUT2D eigenvalue weighted by Gasteiger charge is -2.20. The van der Waals surface area contributed by atoms with Gasteiger partial charge in [-0.25, -0.2) is 56.8 Å². The van der Waals surface area contributed by atoms with Gasteiger partial charge in [-0.3, -0.25) is 29.8 Å². The first-order valence-electron chi connectivity index (χ1n) is 35.4. The molecule has 602 valence electrons. The molecule has 0 saturated heterocycles. The zero-order valence-electron chi connectivity index (χ0n) is 62.9. The predicted molar refractivity (Wildman–Crippen MR) is 468 cm³/mol. The molecule has 10 aromatic carbocycles. The largest absolute Gasteiger partial charge is 0.351 e. The third-order valence-corrected chi connectivity index (χ3v) is 23.1. The second-order valence-electron chi connectivity index (χ2n) is 26.0. The number of aryl methyl sites for hydroxylation is 6. The molecule has 0 fully saturated rings. The fourth-order valence-electron chi connectivity index (χ4n) is 12.2. The van der Waals surface area contributed by atoms with Gasteiger partial charge in [0.05, 0.1) is 114 Å². The number of hydrogen-bond donors (Lipinski definition) is 2. The van der Waals surface area contributed by atoms with Crippen molar-refractivity contribution in [2.75, 3.05) is 19.6 Å². The molecular formula is C84H66BrCl5F4N14O6S4. The van der Waals surface area contributed by atoms with Crippen LogP contribution in [0.1, 0.15) is 109 Å². The van der Waals surface area contributed by atoms with E-state index in [1.807, 2.05) is 88.4 Å². The maximum atomic E-state index is 14.1. The van der Waals surface area contributed by atoms with Gasteiger partial charge >= 0.3 is 0 Å². The van der Waals surface area contributed by atoms with Crippen LogP contribution in [-0.2, 0) is 0 Å². The van der Waals surface area contributed by atoms with Crippen molar-refractivity contribution < 1.29 is 37.0 Å². The fraction of sp³-hybridized carbons (Fsp3) is 0.143. The molecule has 3 unspecified atom stereocenters. The van der Waals surface area contributed by atoms with E-state index in [2.05, 4.69) is 85.6 Å². The van der Waals surface area contributed by atoms with Crippen molar-refractivity contribution in [1.29, 1.82) is 0 Å². The number of thiazole rings is 4. The minimum absolute atomic E-state index is 0.00268. The first-order chi connectivity index (χ1) is 56.4. The van der Waals surface area contributed by atoms with Gasteiger partial charge in [0, 0.05) is 40.4 Å². The van der Waals surface area contributed by atoms with Crippen LogP contribution in [0.4, 0.5) is 17.6 Å². The number of aromatic nitrogens is 10. The Labute approximate surface area is 722 Å². The summed E-state index contributed by atoms with van der Waals surface area (Å²) in [4.78, 5) is 70.2. The number of nitrogens with two attached hydrogens (primary N) is 1. The molecule has 34 heteroatoms. The zero-order chi connectivity index (χ0) is 84.6. The van der Waals surface area contributed by atoms with Crippen LogP contribution in [-0.4, -0.2) is 90.1 Å². The van der Waals surface area contributed by atoms with E-state index in [-0.39, 0.29) is 72.7 Å². The van der Waals surface area contributed by atoms with Crippen LogP contribution >= 0.6 is 119 Å². The zero-order valence-corrected chi connectivity index (χ0v) is 71.6. The van der Waals surface area contributed by atoms with E-state index in [0.717, 1.165) is 90.0 Å². The predicted octanol–water partition coefficient (Wildman–Crippen LogP) is 23.2. The monoisotopic (exact) mass is 1820 g/mol. The number of benzene rings is 10. The van der Waals surface area contributed by atoms with Crippen LogP contribution in [0, 0.1) is 85.0 Å². The smallest absolute Gasteiger partial charge is 0.255 e. The van der Waals surface area contributed by atoms with E-state index in [1.54, 1.807) is 126 Å². The summed E-state index contributed by atoms with van der Waals surface area (Å²) in [7, 11) is 0. The van der Waals surface area contributed by atoms with Gasteiger partial charge in [0.2, 0.25) is 12.7 Å². The first-order valence-corrected chi connectivity index (χ1v) is 41.4. The topological polar surface area (TPSA) is 271 Å². The molecule has 0 bridgehead atoms. The molecule has 6 aromatic heterocycles. The second-order valence-corrected chi connectivity index (χ2v) is 33.8. The number of nitrogens with one attached hydrogen (secondary N) is 1. The molecule has 0 radical (unpaired) electrons. The van der Waals surface area contributed by atoms with Crippen molar-refractivity contribution in [2.24, 2.45) is 5.73 Å². The maximum Gasteiger partial charge on any atom is 0.255 e. The van der Waals surface area contributed by atoms with Crippen molar-refractivity contribution in [3.8, 4) is 11.4 Å². The molecule has 3 atom stereocenters. The normalized spacial score (nSPS) is 11.8. The Morgan fingerprint density at radius 3 is 1.24 bits per heavy atom. The summed E-state index contributed by atoms with van der Waals surface area (Å²) >= 11 is 40.2. The Hall–Kier alpha value is -10.7. The molecule has 0 aliphatic rings. The summed E-state index contributed by atoms with van der Waals surface area (Å²) in [6.45, 7) is 11.8. The Balaban J connectivity index is 0.000000146. The molecule has 16 aromatic rings. The van der Waals surface area contributed by atoms with Gasteiger partial charge in [0.1, 0.15) is 47.6 Å². The highest BCUT2D eigenvalue weighted by atomic mass is 79.9. The number of carbonyl (C=O) groups is 2. The molecule has 3 N–H and O–H groups in total. The number of nitrogens with zero attached hydrogens (tertiary/aromatic N) is 12. The average molecular weight is 1830 g/mol. The highest BCUT2D eigenvalue weighted by Gasteiger charge is 2.25. The number of carbonyl (C=O) groups excluding carboxylic acids is 2. The minimum atomic E-state index is -0.693. The summed E-state index contributed by atoms with van der Waals surface area (Å²) in [5.74, 6) is -1.39. The number of halogens is 10. The Kier molecular flexibility index (Phi) is 30.4. The maximum absolute atomic E-state index is 14.1. The van der Waals surface area contributed by atoms with Crippen molar-refractivity contribution >= 4 is 177 Å².